The van der Waals surface area contributed by atoms with Crippen LogP contribution in [0.4, 0.5) is 17.6 Å². The number of nitriles is 1. The van der Waals surface area contributed by atoms with Crippen molar-refractivity contribution in [2.75, 3.05) is 0 Å². The highest BCUT2D eigenvalue weighted by Crippen LogP contribution is 2.35. The number of nitrogens with zero attached hydrogens (tertiary/aromatic N) is 3. The highest BCUT2D eigenvalue weighted by molar-refractivity contribution is 6.32. The predicted octanol–water partition coefficient (Wildman–Crippen LogP) is 3.94. The fraction of sp³-hybridized carbons (Fsp3) is 0.261. The molecule has 3 aromatic rings. The molecule has 9 nitrogen and oxygen atoms in total. The minimum absolute atomic E-state index is 0.140. The van der Waals surface area contributed by atoms with Crippen LogP contribution in [0.5, 0.6) is 5.75 Å². The van der Waals surface area contributed by atoms with Gasteiger partial charge in [-0.2, -0.15) is 10.2 Å². The van der Waals surface area contributed by atoms with Crippen molar-refractivity contribution in [3.8, 4) is 23.3 Å². The number of amides is 2. The van der Waals surface area contributed by atoms with Gasteiger partial charge in [-0.05, 0) is 48.7 Å². The van der Waals surface area contributed by atoms with Gasteiger partial charge in [0.1, 0.15) is 23.1 Å². The lowest BCUT2D eigenvalue weighted by Gasteiger charge is -2.20. The summed E-state index contributed by atoms with van der Waals surface area (Å²) in [6, 6.07) is 9.30. The van der Waals surface area contributed by atoms with Crippen molar-refractivity contribution in [3.63, 3.8) is 0 Å². The maximum Gasteiger partial charge on any atom is 0.573 e. The molecule has 37 heavy (non-hydrogen) atoms. The Morgan fingerprint density at radius 1 is 1.24 bits per heavy atom. The van der Waals surface area contributed by atoms with Gasteiger partial charge < -0.3 is 19.9 Å². The molecule has 1 saturated carbocycles. The summed E-state index contributed by atoms with van der Waals surface area (Å²) >= 11 is 5.90. The number of carbonyl (C=O) groups excluding carboxylic acids is 2. The Hall–Kier alpha value is -4.18. The Morgan fingerprint density at radius 3 is 2.62 bits per heavy atom. The summed E-state index contributed by atoms with van der Waals surface area (Å²) in [5.74, 6) is -3.43. The summed E-state index contributed by atoms with van der Waals surface area (Å²) in [7, 11) is 0. The van der Waals surface area contributed by atoms with Crippen molar-refractivity contribution >= 4 is 23.4 Å². The second-order valence-electron chi connectivity index (χ2n) is 8.16. The average Bonchev–Trinajstić information content (AvgIpc) is 3.42. The summed E-state index contributed by atoms with van der Waals surface area (Å²) in [4.78, 5) is 29.7. The predicted molar refractivity (Wildman–Crippen MR) is 119 cm³/mol. The van der Waals surface area contributed by atoms with Gasteiger partial charge >= 0.3 is 6.36 Å². The van der Waals surface area contributed by atoms with Gasteiger partial charge in [0, 0.05) is 12.0 Å². The molecule has 4 rings (SSSR count). The monoisotopic (exact) mass is 537 g/mol. The maximum atomic E-state index is 13.5. The maximum absolute atomic E-state index is 13.5. The van der Waals surface area contributed by atoms with E-state index in [0.29, 0.717) is 12.8 Å². The van der Waals surface area contributed by atoms with E-state index < -0.39 is 47.1 Å². The minimum atomic E-state index is -4.95. The molecule has 0 aliphatic heterocycles. The van der Waals surface area contributed by atoms with E-state index >= 15 is 0 Å². The normalized spacial score (nSPS) is 14.8. The zero-order valence-electron chi connectivity index (χ0n) is 18.6. The van der Waals surface area contributed by atoms with Gasteiger partial charge in [-0.1, -0.05) is 28.9 Å². The van der Waals surface area contributed by atoms with Gasteiger partial charge in [-0.3, -0.25) is 9.59 Å². The molecule has 0 radical (unpaired) electrons. The second-order valence-corrected chi connectivity index (χ2v) is 8.57. The van der Waals surface area contributed by atoms with Gasteiger partial charge in [0.25, 0.3) is 17.6 Å². The highest BCUT2D eigenvalue weighted by atomic mass is 35.5. The Kier molecular flexibility index (Phi) is 7.04. The van der Waals surface area contributed by atoms with Crippen molar-refractivity contribution < 1.29 is 36.4 Å². The van der Waals surface area contributed by atoms with E-state index in [1.165, 1.54) is 24.3 Å². The van der Waals surface area contributed by atoms with E-state index in [1.807, 2.05) is 6.07 Å². The molecule has 1 unspecified atom stereocenters. The van der Waals surface area contributed by atoms with Crippen LogP contribution in [0.15, 0.2) is 47.0 Å². The highest BCUT2D eigenvalue weighted by Gasteiger charge is 2.45. The number of ether oxygens (including phenoxy) is 1. The van der Waals surface area contributed by atoms with E-state index in [1.54, 1.807) is 0 Å². The number of nitrogens with one attached hydrogen (secondary N) is 2. The Balaban J connectivity index is 1.53. The van der Waals surface area contributed by atoms with Gasteiger partial charge in [-0.25, -0.2) is 4.39 Å². The SMILES string of the molecule is N#CC1(NC(=O)C(Cc2ccc(OC(F)(F)F)c(Cl)c2)NC(=O)c2noc(-c3cccc(F)c3)n2)CC1. The van der Waals surface area contributed by atoms with Crippen LogP contribution in [0.3, 0.4) is 0 Å². The number of hydrogen-bond acceptors (Lipinski definition) is 7. The average molecular weight is 538 g/mol. The zero-order valence-corrected chi connectivity index (χ0v) is 19.4. The molecule has 2 N–H and O–H groups in total. The summed E-state index contributed by atoms with van der Waals surface area (Å²) in [6.45, 7) is 0. The van der Waals surface area contributed by atoms with Crippen LogP contribution in [-0.2, 0) is 11.2 Å². The summed E-state index contributed by atoms with van der Waals surface area (Å²) < 4.78 is 59.9. The van der Waals surface area contributed by atoms with Crippen LogP contribution in [0.2, 0.25) is 5.02 Å². The summed E-state index contributed by atoms with van der Waals surface area (Å²) in [5.41, 5.74) is -0.546. The Bertz CT molecular complexity index is 1380. The van der Waals surface area contributed by atoms with E-state index in [-0.39, 0.29) is 28.5 Å². The Labute approximate surface area is 211 Å². The fourth-order valence-electron chi connectivity index (χ4n) is 3.31. The van der Waals surface area contributed by atoms with E-state index in [2.05, 4.69) is 25.5 Å². The third-order valence-corrected chi connectivity index (χ3v) is 5.61. The second kappa shape index (κ2) is 10.1. The molecule has 0 spiro atoms. The van der Waals surface area contributed by atoms with Crippen LogP contribution in [0.25, 0.3) is 11.5 Å². The molecule has 0 bridgehead atoms. The number of hydrogen-bond donors (Lipinski definition) is 2. The van der Waals surface area contributed by atoms with Crippen molar-refractivity contribution in [2.24, 2.45) is 0 Å². The molecular weight excluding hydrogens is 522 g/mol. The molecule has 14 heteroatoms. The van der Waals surface area contributed by atoms with E-state index in [0.717, 1.165) is 18.2 Å². The molecule has 2 aromatic carbocycles. The van der Waals surface area contributed by atoms with Crippen LogP contribution in [-0.4, -0.2) is 39.9 Å². The number of aromatic nitrogens is 2. The van der Waals surface area contributed by atoms with Gasteiger partial charge in [0.05, 0.1) is 11.1 Å². The van der Waals surface area contributed by atoms with Gasteiger partial charge in [0.2, 0.25) is 5.91 Å². The number of halogens is 5. The van der Waals surface area contributed by atoms with Crippen LogP contribution >= 0.6 is 11.6 Å². The lowest BCUT2D eigenvalue weighted by molar-refractivity contribution is -0.274. The third kappa shape index (κ3) is 6.53. The molecule has 1 heterocycles. The molecule has 192 valence electrons. The number of benzene rings is 2. The first-order valence-electron chi connectivity index (χ1n) is 10.6. The number of alkyl halides is 3. The topological polar surface area (TPSA) is 130 Å². The quantitative estimate of drug-likeness (QED) is 0.416. The molecule has 1 aromatic heterocycles. The molecule has 1 atom stereocenters. The van der Waals surface area contributed by atoms with Crippen LogP contribution in [0.1, 0.15) is 29.0 Å². The third-order valence-electron chi connectivity index (χ3n) is 5.31. The van der Waals surface area contributed by atoms with Crippen molar-refractivity contribution in [2.45, 2.75) is 37.2 Å². The molecule has 2 amide bonds. The molecule has 1 aliphatic carbocycles. The summed E-state index contributed by atoms with van der Waals surface area (Å²) in [6.07, 6.45) is -4.31. The molecule has 1 aliphatic rings. The van der Waals surface area contributed by atoms with Gasteiger partial charge in [-0.15, -0.1) is 13.2 Å². The van der Waals surface area contributed by atoms with Crippen LogP contribution in [0, 0.1) is 17.1 Å². The van der Waals surface area contributed by atoms with Crippen molar-refractivity contribution in [1.29, 1.82) is 5.26 Å². The minimum Gasteiger partial charge on any atom is -0.404 e. The summed E-state index contributed by atoms with van der Waals surface area (Å²) in [5, 5.41) is 17.5. The van der Waals surface area contributed by atoms with Crippen molar-refractivity contribution in [1.82, 2.24) is 20.8 Å². The molecule has 0 saturated heterocycles. The molecule has 1 fully saturated rings. The van der Waals surface area contributed by atoms with E-state index in [4.69, 9.17) is 16.1 Å². The Morgan fingerprint density at radius 2 is 2.00 bits per heavy atom. The van der Waals surface area contributed by atoms with Gasteiger partial charge in [0.15, 0.2) is 0 Å². The lowest BCUT2D eigenvalue weighted by Crippen LogP contribution is -2.51. The van der Waals surface area contributed by atoms with Crippen molar-refractivity contribution in [3.05, 3.63) is 64.7 Å². The standard InChI is InChI=1S/C23H16ClF4N5O4/c24-15-8-12(4-5-17(15)36-23(26,27)28)9-16(19(34)32-22(11-29)6-7-22)30-20(35)18-31-21(37-33-18)13-2-1-3-14(25)10-13/h1-5,8,10,16H,6-7,9H2,(H,30,35)(H,32,34). The first-order valence-corrected chi connectivity index (χ1v) is 11.0. The first-order chi connectivity index (χ1) is 17.5. The zero-order chi connectivity index (χ0) is 26.8. The number of rotatable bonds is 8. The smallest absolute Gasteiger partial charge is 0.404 e. The number of carbonyl (C=O) groups is 2. The lowest BCUT2D eigenvalue weighted by atomic mass is 10.0. The van der Waals surface area contributed by atoms with Crippen LogP contribution < -0.4 is 15.4 Å². The fourth-order valence-corrected chi connectivity index (χ4v) is 3.56. The van der Waals surface area contributed by atoms with E-state index in [9.17, 15) is 32.4 Å². The largest absolute Gasteiger partial charge is 0.573 e. The molecular formula is C23H16ClF4N5O4. The first kappa shape index (κ1) is 25.9.